The molecule has 0 heterocycles. The molecule has 0 saturated carbocycles. The van der Waals surface area contributed by atoms with E-state index in [1.807, 2.05) is 0 Å². The van der Waals surface area contributed by atoms with Gasteiger partial charge in [-0.05, 0) is 37.3 Å². The molecule has 1 nitrogen and oxygen atoms in total. The summed E-state index contributed by atoms with van der Waals surface area (Å²) in [6, 6.07) is 11.4. The minimum absolute atomic E-state index is 0.627. The van der Waals surface area contributed by atoms with Crippen molar-refractivity contribution in [2.75, 3.05) is 6.54 Å². The van der Waals surface area contributed by atoms with Crippen LogP contribution in [0.3, 0.4) is 0 Å². The van der Waals surface area contributed by atoms with Crippen LogP contribution in [0.15, 0.2) is 30.3 Å². The fourth-order valence-corrected chi connectivity index (χ4v) is 2.05. The molecule has 1 unspecified atom stereocenters. The molecule has 1 N–H and O–H groups in total. The molecule has 1 atom stereocenters. The van der Waals surface area contributed by atoms with E-state index in [1.54, 1.807) is 0 Å². The van der Waals surface area contributed by atoms with Gasteiger partial charge in [0.15, 0.2) is 0 Å². The molecule has 0 radical (unpaired) electrons. The summed E-state index contributed by atoms with van der Waals surface area (Å²) in [5.74, 6) is 0.762. The highest BCUT2D eigenvalue weighted by Crippen LogP contribution is 2.11. The summed E-state index contributed by atoms with van der Waals surface area (Å²) in [7, 11) is 0. The highest BCUT2D eigenvalue weighted by atomic mass is 14.9. The number of nitrogens with one attached hydrogen (secondary N) is 1. The van der Waals surface area contributed by atoms with E-state index >= 15 is 0 Å². The summed E-state index contributed by atoms with van der Waals surface area (Å²) in [5, 5.41) is 3.65. The topological polar surface area (TPSA) is 12.0 Å². The quantitative estimate of drug-likeness (QED) is 0.738. The van der Waals surface area contributed by atoms with Gasteiger partial charge in [0, 0.05) is 6.04 Å². The summed E-state index contributed by atoms with van der Waals surface area (Å²) in [4.78, 5) is 0. The van der Waals surface area contributed by atoms with Crippen LogP contribution >= 0.6 is 0 Å². The molecule has 0 bridgehead atoms. The fourth-order valence-electron chi connectivity index (χ4n) is 2.05. The molecule has 0 aliphatic rings. The first-order valence-corrected chi connectivity index (χ1v) is 6.49. The lowest BCUT2D eigenvalue weighted by atomic mass is 9.97. The van der Waals surface area contributed by atoms with E-state index < -0.39 is 0 Å². The Hall–Kier alpha value is -0.820. The Morgan fingerprint density at radius 3 is 2.38 bits per heavy atom. The third-order valence-corrected chi connectivity index (χ3v) is 2.76. The van der Waals surface area contributed by atoms with Crippen LogP contribution in [-0.2, 0) is 6.42 Å². The second-order valence-corrected chi connectivity index (χ2v) is 4.97. The van der Waals surface area contributed by atoms with Crippen molar-refractivity contribution in [1.29, 1.82) is 0 Å². The Bertz CT molecular complexity index is 266. The van der Waals surface area contributed by atoms with Gasteiger partial charge < -0.3 is 5.32 Å². The predicted octanol–water partition coefficient (Wildman–Crippen LogP) is 3.64. The predicted molar refractivity (Wildman–Crippen MR) is 71.7 cm³/mol. The molecule has 0 aromatic heterocycles. The first kappa shape index (κ1) is 13.2. The van der Waals surface area contributed by atoms with Crippen molar-refractivity contribution >= 4 is 0 Å². The summed E-state index contributed by atoms with van der Waals surface area (Å²) >= 11 is 0. The zero-order valence-electron chi connectivity index (χ0n) is 10.9. The van der Waals surface area contributed by atoms with Gasteiger partial charge in [-0.25, -0.2) is 0 Å². The normalized spacial score (nSPS) is 13.0. The Labute approximate surface area is 100 Å². The van der Waals surface area contributed by atoms with Crippen molar-refractivity contribution in [3.8, 4) is 0 Å². The van der Waals surface area contributed by atoms with Crippen molar-refractivity contribution in [2.24, 2.45) is 5.92 Å². The van der Waals surface area contributed by atoms with Gasteiger partial charge in [0.05, 0.1) is 0 Å². The van der Waals surface area contributed by atoms with Crippen molar-refractivity contribution in [1.82, 2.24) is 5.32 Å². The van der Waals surface area contributed by atoms with Gasteiger partial charge >= 0.3 is 0 Å². The van der Waals surface area contributed by atoms with Gasteiger partial charge in [0.25, 0.3) is 0 Å². The van der Waals surface area contributed by atoms with Crippen LogP contribution in [0.4, 0.5) is 0 Å². The smallest absolute Gasteiger partial charge is 0.0110 e. The summed E-state index contributed by atoms with van der Waals surface area (Å²) in [6.45, 7) is 7.95. The number of rotatable bonds is 7. The molecule has 0 amide bonds. The standard InChI is InChI=1S/C15H25N/c1-4-10-16-15(11-13(2)3)12-14-8-6-5-7-9-14/h5-9,13,15-16H,4,10-12H2,1-3H3. The molecule has 0 fully saturated rings. The van der Waals surface area contributed by atoms with Gasteiger partial charge in [-0.15, -0.1) is 0 Å². The van der Waals surface area contributed by atoms with E-state index in [0.29, 0.717) is 6.04 Å². The molecule has 0 spiro atoms. The first-order valence-electron chi connectivity index (χ1n) is 6.49. The SMILES string of the molecule is CCCNC(Cc1ccccc1)CC(C)C. The van der Waals surface area contributed by atoms with Crippen LogP contribution in [0.2, 0.25) is 0 Å². The van der Waals surface area contributed by atoms with Crippen molar-refractivity contribution in [2.45, 2.75) is 46.1 Å². The van der Waals surface area contributed by atoms with E-state index in [9.17, 15) is 0 Å². The highest BCUT2D eigenvalue weighted by Gasteiger charge is 2.10. The monoisotopic (exact) mass is 219 g/mol. The lowest BCUT2D eigenvalue weighted by Gasteiger charge is -2.20. The van der Waals surface area contributed by atoms with Gasteiger partial charge in [0.2, 0.25) is 0 Å². The van der Waals surface area contributed by atoms with Gasteiger partial charge in [-0.2, -0.15) is 0 Å². The van der Waals surface area contributed by atoms with E-state index in [1.165, 1.54) is 18.4 Å². The van der Waals surface area contributed by atoms with Crippen LogP contribution in [0.25, 0.3) is 0 Å². The van der Waals surface area contributed by atoms with Crippen molar-refractivity contribution < 1.29 is 0 Å². The maximum Gasteiger partial charge on any atom is 0.0110 e. The Morgan fingerprint density at radius 2 is 1.81 bits per heavy atom. The van der Waals surface area contributed by atoms with Crippen LogP contribution in [-0.4, -0.2) is 12.6 Å². The molecular weight excluding hydrogens is 194 g/mol. The van der Waals surface area contributed by atoms with E-state index in [-0.39, 0.29) is 0 Å². The largest absolute Gasteiger partial charge is 0.314 e. The van der Waals surface area contributed by atoms with E-state index in [4.69, 9.17) is 0 Å². The zero-order valence-corrected chi connectivity index (χ0v) is 10.9. The second-order valence-electron chi connectivity index (χ2n) is 4.97. The number of hydrogen-bond acceptors (Lipinski definition) is 1. The van der Waals surface area contributed by atoms with Gasteiger partial charge in [-0.3, -0.25) is 0 Å². The average Bonchev–Trinajstić information content (AvgIpc) is 2.26. The Morgan fingerprint density at radius 1 is 1.12 bits per heavy atom. The van der Waals surface area contributed by atoms with E-state index in [2.05, 4.69) is 56.4 Å². The molecule has 90 valence electrons. The third-order valence-electron chi connectivity index (χ3n) is 2.76. The van der Waals surface area contributed by atoms with Crippen LogP contribution in [0.5, 0.6) is 0 Å². The molecular formula is C15H25N. The fraction of sp³-hybridized carbons (Fsp3) is 0.600. The maximum absolute atomic E-state index is 3.65. The van der Waals surface area contributed by atoms with Crippen LogP contribution in [0, 0.1) is 5.92 Å². The molecule has 1 aromatic carbocycles. The minimum atomic E-state index is 0.627. The van der Waals surface area contributed by atoms with Crippen LogP contribution < -0.4 is 5.32 Å². The van der Waals surface area contributed by atoms with Crippen molar-refractivity contribution in [3.63, 3.8) is 0 Å². The molecule has 0 aliphatic carbocycles. The molecule has 1 heteroatoms. The van der Waals surface area contributed by atoms with Gasteiger partial charge in [-0.1, -0.05) is 51.1 Å². The van der Waals surface area contributed by atoms with Crippen LogP contribution in [0.1, 0.15) is 39.2 Å². The summed E-state index contributed by atoms with van der Waals surface area (Å²) in [6.07, 6.45) is 3.62. The minimum Gasteiger partial charge on any atom is -0.314 e. The molecule has 0 saturated heterocycles. The van der Waals surface area contributed by atoms with E-state index in [0.717, 1.165) is 18.9 Å². The number of hydrogen-bond donors (Lipinski definition) is 1. The van der Waals surface area contributed by atoms with Gasteiger partial charge in [0.1, 0.15) is 0 Å². The lowest BCUT2D eigenvalue weighted by molar-refractivity contribution is 0.416. The maximum atomic E-state index is 3.65. The first-order chi connectivity index (χ1) is 7.72. The molecule has 0 aliphatic heterocycles. The third kappa shape index (κ3) is 5.32. The van der Waals surface area contributed by atoms with Crippen molar-refractivity contribution in [3.05, 3.63) is 35.9 Å². The summed E-state index contributed by atoms with van der Waals surface area (Å²) in [5.41, 5.74) is 1.44. The molecule has 1 rings (SSSR count). The Kier molecular flexibility index (Phi) is 6.17. The molecule has 16 heavy (non-hydrogen) atoms. The summed E-state index contributed by atoms with van der Waals surface area (Å²) < 4.78 is 0. The molecule has 1 aromatic rings. The number of benzene rings is 1. The average molecular weight is 219 g/mol. The zero-order chi connectivity index (χ0) is 11.8. The highest BCUT2D eigenvalue weighted by molar-refractivity contribution is 5.15. The Balaban J connectivity index is 2.49. The lowest BCUT2D eigenvalue weighted by Crippen LogP contribution is -2.33. The second kappa shape index (κ2) is 7.45.